The summed E-state index contributed by atoms with van der Waals surface area (Å²) in [7, 11) is -4.12. The molecule has 154 valence electrons. The van der Waals surface area contributed by atoms with Gasteiger partial charge in [-0.25, -0.2) is 13.2 Å². The van der Waals surface area contributed by atoms with Crippen molar-refractivity contribution < 1.29 is 23.1 Å². The molecule has 9 heteroatoms. The van der Waals surface area contributed by atoms with Crippen molar-refractivity contribution in [1.29, 1.82) is 0 Å². The third-order valence-corrected chi connectivity index (χ3v) is 6.26. The van der Waals surface area contributed by atoms with Gasteiger partial charge in [-0.15, -0.1) is 0 Å². The summed E-state index contributed by atoms with van der Waals surface area (Å²) in [5, 5.41) is 11.9. The van der Waals surface area contributed by atoms with Crippen LogP contribution in [-0.2, 0) is 14.8 Å². The van der Waals surface area contributed by atoms with E-state index in [-0.39, 0.29) is 26.9 Å². The van der Waals surface area contributed by atoms with Gasteiger partial charge in [0.25, 0.3) is 10.0 Å². The Kier molecular flexibility index (Phi) is 6.39. The van der Waals surface area contributed by atoms with Crippen LogP contribution < -0.4 is 9.62 Å². The van der Waals surface area contributed by atoms with Gasteiger partial charge < -0.3 is 10.4 Å². The van der Waals surface area contributed by atoms with Crippen LogP contribution in [0.15, 0.2) is 83.8 Å². The number of sulfonamides is 1. The Morgan fingerprint density at radius 2 is 1.50 bits per heavy atom. The highest BCUT2D eigenvalue weighted by molar-refractivity contribution is 7.92. The van der Waals surface area contributed by atoms with Crippen LogP contribution in [0.25, 0.3) is 0 Å². The molecule has 0 unspecified atom stereocenters. The molecule has 0 fully saturated rings. The minimum atomic E-state index is -4.12. The zero-order valence-electron chi connectivity index (χ0n) is 15.5. The molecule has 0 radical (unpaired) electrons. The molecule has 7 nitrogen and oxygen atoms in total. The highest BCUT2D eigenvalue weighted by atomic mass is 35.5. The quantitative estimate of drug-likeness (QED) is 0.575. The van der Waals surface area contributed by atoms with E-state index in [4.69, 9.17) is 11.6 Å². The SMILES string of the molecule is O=C(CN(c1ccccc1Cl)S(=O)(=O)c1ccccc1)Nc1ccccc1C(=O)O. The first-order valence-electron chi connectivity index (χ1n) is 8.75. The van der Waals surface area contributed by atoms with Gasteiger partial charge in [0, 0.05) is 0 Å². The molecule has 0 aromatic heterocycles. The molecule has 0 atom stereocenters. The lowest BCUT2D eigenvalue weighted by Crippen LogP contribution is -2.38. The molecule has 2 N–H and O–H groups in total. The molecule has 0 saturated carbocycles. The number of anilines is 2. The first kappa shape index (κ1) is 21.4. The van der Waals surface area contributed by atoms with Crippen molar-refractivity contribution in [3.05, 3.63) is 89.4 Å². The van der Waals surface area contributed by atoms with Crippen molar-refractivity contribution >= 4 is 44.9 Å². The zero-order chi connectivity index (χ0) is 21.7. The molecule has 3 aromatic carbocycles. The lowest BCUT2D eigenvalue weighted by atomic mass is 10.2. The molecular formula is C21H17ClN2O5S. The van der Waals surface area contributed by atoms with E-state index in [1.54, 1.807) is 36.4 Å². The second-order valence-electron chi connectivity index (χ2n) is 6.18. The molecule has 0 spiro atoms. The number of carboxylic acid groups (broad SMARTS) is 1. The zero-order valence-corrected chi connectivity index (χ0v) is 17.1. The number of carboxylic acids is 1. The standard InChI is InChI=1S/C21H17ClN2O5S/c22-17-11-5-7-13-19(17)24(30(28,29)15-8-2-1-3-9-15)14-20(25)23-18-12-6-4-10-16(18)21(26)27/h1-13H,14H2,(H,23,25)(H,26,27). The van der Waals surface area contributed by atoms with Gasteiger partial charge in [-0.3, -0.25) is 9.10 Å². The average Bonchev–Trinajstić information content (AvgIpc) is 2.73. The smallest absolute Gasteiger partial charge is 0.337 e. The van der Waals surface area contributed by atoms with Crippen molar-refractivity contribution in [3.8, 4) is 0 Å². The monoisotopic (exact) mass is 444 g/mol. The highest BCUT2D eigenvalue weighted by Crippen LogP contribution is 2.30. The Labute approximate surface area is 178 Å². The highest BCUT2D eigenvalue weighted by Gasteiger charge is 2.28. The Morgan fingerprint density at radius 1 is 0.900 bits per heavy atom. The summed E-state index contributed by atoms with van der Waals surface area (Å²) >= 11 is 6.21. The molecule has 0 bridgehead atoms. The molecule has 3 aromatic rings. The third kappa shape index (κ3) is 4.61. The van der Waals surface area contributed by atoms with Crippen molar-refractivity contribution in [3.63, 3.8) is 0 Å². The number of carbonyl (C=O) groups is 2. The van der Waals surface area contributed by atoms with E-state index in [0.717, 1.165) is 4.31 Å². The van der Waals surface area contributed by atoms with Crippen LogP contribution in [0, 0.1) is 0 Å². The maximum absolute atomic E-state index is 13.2. The second kappa shape index (κ2) is 8.98. The largest absolute Gasteiger partial charge is 0.478 e. The van der Waals surface area contributed by atoms with Gasteiger partial charge in [-0.2, -0.15) is 0 Å². The molecule has 1 amide bonds. The Hall–Kier alpha value is -3.36. The number of halogens is 1. The molecule has 3 rings (SSSR count). The Morgan fingerprint density at radius 3 is 2.17 bits per heavy atom. The van der Waals surface area contributed by atoms with Gasteiger partial charge in [-0.05, 0) is 36.4 Å². The van der Waals surface area contributed by atoms with Crippen LogP contribution in [0.5, 0.6) is 0 Å². The number of rotatable bonds is 7. The van der Waals surface area contributed by atoms with Gasteiger partial charge in [0.1, 0.15) is 6.54 Å². The predicted octanol–water partition coefficient (Wildman–Crippen LogP) is 3.87. The van der Waals surface area contributed by atoms with E-state index in [9.17, 15) is 23.1 Å². The summed E-state index contributed by atoms with van der Waals surface area (Å²) in [6, 6.07) is 19.7. The van der Waals surface area contributed by atoms with E-state index in [2.05, 4.69) is 5.32 Å². The van der Waals surface area contributed by atoms with Crippen molar-refractivity contribution in [2.75, 3.05) is 16.2 Å². The molecule has 30 heavy (non-hydrogen) atoms. The molecule has 0 aliphatic carbocycles. The summed E-state index contributed by atoms with van der Waals surface area (Å²) in [6.45, 7) is -0.602. The van der Waals surface area contributed by atoms with Crippen molar-refractivity contribution in [2.24, 2.45) is 0 Å². The number of hydrogen-bond acceptors (Lipinski definition) is 4. The summed E-state index contributed by atoms with van der Waals surface area (Å²) in [5.74, 6) is -1.94. The van der Waals surface area contributed by atoms with E-state index in [1.165, 1.54) is 42.5 Å². The van der Waals surface area contributed by atoms with E-state index >= 15 is 0 Å². The summed E-state index contributed by atoms with van der Waals surface area (Å²) in [6.07, 6.45) is 0. The van der Waals surface area contributed by atoms with Crippen LogP contribution in [0.3, 0.4) is 0 Å². The van der Waals surface area contributed by atoms with Gasteiger partial charge in [0.15, 0.2) is 0 Å². The third-order valence-electron chi connectivity index (χ3n) is 4.17. The van der Waals surface area contributed by atoms with Crippen molar-refractivity contribution in [2.45, 2.75) is 4.90 Å². The number of carbonyl (C=O) groups excluding carboxylic acids is 1. The number of hydrogen-bond donors (Lipinski definition) is 2. The molecule has 0 aliphatic rings. The minimum absolute atomic E-state index is 0.0105. The van der Waals surface area contributed by atoms with E-state index in [1.807, 2.05) is 0 Å². The van der Waals surface area contributed by atoms with Gasteiger partial charge >= 0.3 is 5.97 Å². The number of nitrogens with one attached hydrogen (secondary N) is 1. The first-order chi connectivity index (χ1) is 14.3. The molecule has 0 aliphatic heterocycles. The van der Waals surface area contributed by atoms with Crippen LogP contribution in [0.1, 0.15) is 10.4 Å². The Balaban J connectivity index is 1.97. The average molecular weight is 445 g/mol. The lowest BCUT2D eigenvalue weighted by molar-refractivity contribution is -0.114. The van der Waals surface area contributed by atoms with Crippen LogP contribution in [0.4, 0.5) is 11.4 Å². The van der Waals surface area contributed by atoms with Crippen LogP contribution in [-0.4, -0.2) is 31.9 Å². The summed E-state index contributed by atoms with van der Waals surface area (Å²) in [5.41, 5.74) is 0.0805. The maximum atomic E-state index is 13.2. The number of aromatic carboxylic acids is 1. The fourth-order valence-electron chi connectivity index (χ4n) is 2.77. The fraction of sp³-hybridized carbons (Fsp3) is 0.0476. The first-order valence-corrected chi connectivity index (χ1v) is 10.6. The number of amides is 1. The van der Waals surface area contributed by atoms with Gasteiger partial charge in [0.05, 0.1) is 26.9 Å². The number of nitrogens with zero attached hydrogens (tertiary/aromatic N) is 1. The summed E-state index contributed by atoms with van der Waals surface area (Å²) < 4.78 is 27.4. The van der Waals surface area contributed by atoms with Crippen molar-refractivity contribution in [1.82, 2.24) is 0 Å². The fourth-order valence-corrected chi connectivity index (χ4v) is 4.52. The normalized spacial score (nSPS) is 11.0. The summed E-state index contributed by atoms with van der Waals surface area (Å²) in [4.78, 5) is 24.1. The molecule has 0 heterocycles. The van der Waals surface area contributed by atoms with Crippen LogP contribution in [0.2, 0.25) is 5.02 Å². The molecule has 0 saturated heterocycles. The maximum Gasteiger partial charge on any atom is 0.337 e. The minimum Gasteiger partial charge on any atom is -0.478 e. The molecular weight excluding hydrogens is 428 g/mol. The van der Waals surface area contributed by atoms with E-state index < -0.39 is 28.4 Å². The van der Waals surface area contributed by atoms with Gasteiger partial charge in [0.2, 0.25) is 5.91 Å². The van der Waals surface area contributed by atoms with Crippen LogP contribution >= 0.6 is 11.6 Å². The lowest BCUT2D eigenvalue weighted by Gasteiger charge is -2.25. The second-order valence-corrected chi connectivity index (χ2v) is 8.44. The van der Waals surface area contributed by atoms with E-state index in [0.29, 0.717) is 0 Å². The topological polar surface area (TPSA) is 104 Å². The van der Waals surface area contributed by atoms with Gasteiger partial charge in [-0.1, -0.05) is 54.1 Å². The Bertz CT molecular complexity index is 1180. The number of benzene rings is 3. The predicted molar refractivity (Wildman–Crippen MR) is 114 cm³/mol. The number of para-hydroxylation sites is 2.